The Balaban J connectivity index is 2.06. The Kier molecular flexibility index (Phi) is 4.90. The summed E-state index contributed by atoms with van der Waals surface area (Å²) in [6, 6.07) is 8.15. The van der Waals surface area contributed by atoms with Crippen LogP contribution < -0.4 is 0 Å². The Hall–Kier alpha value is -2.39. The molecule has 0 saturated carbocycles. The van der Waals surface area contributed by atoms with Crippen molar-refractivity contribution in [1.82, 2.24) is 4.90 Å². The molecule has 1 atom stereocenters. The van der Waals surface area contributed by atoms with Crippen LogP contribution in [0, 0.1) is 11.3 Å². The summed E-state index contributed by atoms with van der Waals surface area (Å²) in [7, 11) is 1.29. The summed E-state index contributed by atoms with van der Waals surface area (Å²) in [6.45, 7) is 0.938. The fraction of sp³-hybridized carbons (Fsp3) is 0.400. The maximum absolute atomic E-state index is 12.4. The molecule has 1 aliphatic rings. The first-order chi connectivity index (χ1) is 10.2. The predicted octanol–water partition coefficient (Wildman–Crippen LogP) is 0.501. The van der Waals surface area contributed by atoms with E-state index in [2.05, 4.69) is 0 Å². The van der Waals surface area contributed by atoms with Crippen molar-refractivity contribution >= 4 is 11.9 Å². The first-order valence-electron chi connectivity index (χ1n) is 6.60. The van der Waals surface area contributed by atoms with E-state index in [0.29, 0.717) is 18.7 Å². The lowest BCUT2D eigenvalue weighted by Gasteiger charge is -2.33. The zero-order valence-corrected chi connectivity index (χ0v) is 11.7. The van der Waals surface area contributed by atoms with Gasteiger partial charge in [0.25, 0.3) is 0 Å². The lowest BCUT2D eigenvalue weighted by atomic mass is 10.1. The van der Waals surface area contributed by atoms with E-state index in [4.69, 9.17) is 14.7 Å². The number of amides is 1. The molecular formula is C15H16N2O4. The number of methoxy groups -OCH3 is 1. The average molecular weight is 288 g/mol. The molecule has 1 aromatic carbocycles. The van der Waals surface area contributed by atoms with Gasteiger partial charge < -0.3 is 14.4 Å². The van der Waals surface area contributed by atoms with Crippen LogP contribution in [0.15, 0.2) is 24.3 Å². The summed E-state index contributed by atoms with van der Waals surface area (Å²) in [5.74, 6) is -0.624. The molecule has 1 fully saturated rings. The van der Waals surface area contributed by atoms with Crippen molar-refractivity contribution in [2.24, 2.45) is 0 Å². The second kappa shape index (κ2) is 6.86. The van der Waals surface area contributed by atoms with Gasteiger partial charge in [-0.2, -0.15) is 5.26 Å². The van der Waals surface area contributed by atoms with Crippen molar-refractivity contribution < 1.29 is 19.1 Å². The Bertz CT molecular complexity index is 562. The third-order valence-corrected chi connectivity index (χ3v) is 3.36. The molecule has 1 aromatic rings. The van der Waals surface area contributed by atoms with Crippen molar-refractivity contribution in [3.05, 3.63) is 35.4 Å². The van der Waals surface area contributed by atoms with Crippen LogP contribution in [-0.4, -0.2) is 49.7 Å². The molecule has 1 aliphatic heterocycles. The first-order valence-corrected chi connectivity index (χ1v) is 6.60. The fourth-order valence-electron chi connectivity index (χ4n) is 2.21. The van der Waals surface area contributed by atoms with Gasteiger partial charge in [-0.15, -0.1) is 0 Å². The van der Waals surface area contributed by atoms with Crippen LogP contribution in [0.5, 0.6) is 0 Å². The van der Waals surface area contributed by atoms with Crippen molar-refractivity contribution in [3.8, 4) is 6.07 Å². The zero-order chi connectivity index (χ0) is 15.2. The third kappa shape index (κ3) is 3.58. The maximum atomic E-state index is 12.4. The second-order valence-corrected chi connectivity index (χ2v) is 4.69. The van der Waals surface area contributed by atoms with E-state index >= 15 is 0 Å². The van der Waals surface area contributed by atoms with Gasteiger partial charge in [0.15, 0.2) is 6.04 Å². The largest absolute Gasteiger partial charge is 0.467 e. The summed E-state index contributed by atoms with van der Waals surface area (Å²) in [4.78, 5) is 25.5. The van der Waals surface area contributed by atoms with Crippen LogP contribution in [-0.2, 0) is 25.5 Å². The van der Waals surface area contributed by atoms with Crippen LogP contribution in [0.2, 0.25) is 0 Å². The molecule has 0 aliphatic carbocycles. The number of hydrogen-bond acceptors (Lipinski definition) is 5. The number of carbonyl (C=O) groups excluding carboxylic acids is 2. The number of hydrogen-bond donors (Lipinski definition) is 0. The highest BCUT2D eigenvalue weighted by atomic mass is 16.5. The molecule has 0 bridgehead atoms. The molecule has 0 aromatic heterocycles. The van der Waals surface area contributed by atoms with Gasteiger partial charge >= 0.3 is 5.97 Å². The van der Waals surface area contributed by atoms with Crippen LogP contribution >= 0.6 is 0 Å². The van der Waals surface area contributed by atoms with Crippen LogP contribution in [0.25, 0.3) is 0 Å². The van der Waals surface area contributed by atoms with E-state index in [1.54, 1.807) is 24.3 Å². The van der Waals surface area contributed by atoms with Crippen LogP contribution in [0.4, 0.5) is 0 Å². The highest BCUT2D eigenvalue weighted by molar-refractivity contribution is 5.86. The molecule has 1 heterocycles. The molecule has 21 heavy (non-hydrogen) atoms. The fourth-order valence-corrected chi connectivity index (χ4v) is 2.21. The van der Waals surface area contributed by atoms with Gasteiger partial charge in [0.2, 0.25) is 5.91 Å². The molecule has 0 radical (unpaired) electrons. The van der Waals surface area contributed by atoms with E-state index in [9.17, 15) is 9.59 Å². The number of nitrogens with zero attached hydrogens (tertiary/aromatic N) is 2. The van der Waals surface area contributed by atoms with Crippen molar-refractivity contribution in [1.29, 1.82) is 5.26 Å². The van der Waals surface area contributed by atoms with Crippen molar-refractivity contribution in [3.63, 3.8) is 0 Å². The molecule has 0 N–H and O–H groups in total. The van der Waals surface area contributed by atoms with E-state index in [1.807, 2.05) is 6.07 Å². The molecule has 2 rings (SSSR count). The molecular weight excluding hydrogens is 272 g/mol. The topological polar surface area (TPSA) is 79.6 Å². The minimum atomic E-state index is -0.686. The quantitative estimate of drug-likeness (QED) is 0.757. The van der Waals surface area contributed by atoms with Crippen LogP contribution in [0.1, 0.15) is 11.1 Å². The van der Waals surface area contributed by atoms with Crippen molar-refractivity contribution in [2.75, 3.05) is 26.9 Å². The van der Waals surface area contributed by atoms with E-state index in [-0.39, 0.29) is 18.9 Å². The van der Waals surface area contributed by atoms with Gasteiger partial charge in [-0.3, -0.25) is 4.79 Å². The Morgan fingerprint density at radius 2 is 2.14 bits per heavy atom. The Morgan fingerprint density at radius 3 is 2.76 bits per heavy atom. The number of nitriles is 1. The SMILES string of the molecule is COC(=O)C1COCCN1C(=O)Cc1ccc(C#N)cc1. The summed E-state index contributed by atoms with van der Waals surface area (Å²) in [6.07, 6.45) is 0.180. The molecule has 1 amide bonds. The minimum absolute atomic E-state index is 0.154. The molecule has 1 unspecified atom stereocenters. The second-order valence-electron chi connectivity index (χ2n) is 4.69. The van der Waals surface area contributed by atoms with Gasteiger partial charge in [0.05, 0.1) is 38.4 Å². The number of benzene rings is 1. The lowest BCUT2D eigenvalue weighted by molar-refractivity contribution is -0.160. The molecule has 0 spiro atoms. The Morgan fingerprint density at radius 1 is 1.43 bits per heavy atom. The number of ether oxygens (including phenoxy) is 2. The summed E-state index contributed by atoms with van der Waals surface area (Å²) >= 11 is 0. The van der Waals surface area contributed by atoms with E-state index < -0.39 is 12.0 Å². The third-order valence-electron chi connectivity index (χ3n) is 3.36. The van der Waals surface area contributed by atoms with Gasteiger partial charge in [-0.25, -0.2) is 4.79 Å². The summed E-state index contributed by atoms with van der Waals surface area (Å²) in [5, 5.41) is 8.75. The first kappa shape index (κ1) is 15.0. The number of carbonyl (C=O) groups is 2. The van der Waals surface area contributed by atoms with Crippen LogP contribution in [0.3, 0.4) is 0 Å². The molecule has 6 heteroatoms. The van der Waals surface area contributed by atoms with Gasteiger partial charge in [0.1, 0.15) is 0 Å². The van der Waals surface area contributed by atoms with Gasteiger partial charge in [-0.1, -0.05) is 12.1 Å². The summed E-state index contributed by atoms with van der Waals surface area (Å²) < 4.78 is 9.94. The standard InChI is InChI=1S/C15H16N2O4/c1-20-15(19)13-10-21-7-6-17(13)14(18)8-11-2-4-12(9-16)5-3-11/h2-5,13H,6-8,10H2,1H3. The zero-order valence-electron chi connectivity index (χ0n) is 11.7. The van der Waals surface area contributed by atoms with Gasteiger partial charge in [-0.05, 0) is 17.7 Å². The average Bonchev–Trinajstić information content (AvgIpc) is 2.54. The normalized spacial score (nSPS) is 17.9. The maximum Gasteiger partial charge on any atom is 0.331 e. The number of esters is 1. The highest BCUT2D eigenvalue weighted by Crippen LogP contribution is 2.12. The molecule has 6 nitrogen and oxygen atoms in total. The van der Waals surface area contributed by atoms with E-state index in [0.717, 1.165) is 5.56 Å². The molecule has 110 valence electrons. The van der Waals surface area contributed by atoms with E-state index in [1.165, 1.54) is 12.0 Å². The number of morpholine rings is 1. The Labute approximate surface area is 122 Å². The molecule has 1 saturated heterocycles. The minimum Gasteiger partial charge on any atom is -0.467 e. The van der Waals surface area contributed by atoms with Gasteiger partial charge in [0, 0.05) is 6.54 Å². The lowest BCUT2D eigenvalue weighted by Crippen LogP contribution is -2.53. The van der Waals surface area contributed by atoms with Crippen molar-refractivity contribution in [2.45, 2.75) is 12.5 Å². The highest BCUT2D eigenvalue weighted by Gasteiger charge is 2.33. The summed E-state index contributed by atoms with van der Waals surface area (Å²) in [5.41, 5.74) is 1.35. The smallest absolute Gasteiger partial charge is 0.331 e. The number of rotatable bonds is 3. The monoisotopic (exact) mass is 288 g/mol. The predicted molar refractivity (Wildman–Crippen MR) is 73.2 cm³/mol.